The van der Waals surface area contributed by atoms with E-state index in [4.69, 9.17) is 0 Å². The Morgan fingerprint density at radius 1 is 0.853 bits per heavy atom. The van der Waals surface area contributed by atoms with E-state index in [9.17, 15) is 14.4 Å². The smallest absolute Gasteiger partial charge is 0.346 e. The van der Waals surface area contributed by atoms with E-state index in [-0.39, 0.29) is 18.8 Å². The molecule has 0 atom stereocenters. The zero-order valence-corrected chi connectivity index (χ0v) is 19.1. The first-order chi connectivity index (χ1) is 16.4. The number of amides is 1. The van der Waals surface area contributed by atoms with E-state index in [1.165, 1.54) is 0 Å². The molecule has 0 fully saturated rings. The molecule has 1 aromatic heterocycles. The van der Waals surface area contributed by atoms with Crippen LogP contribution < -0.4 is 16.6 Å². The first-order valence-electron chi connectivity index (χ1n) is 11.1. The summed E-state index contributed by atoms with van der Waals surface area (Å²) in [5.74, 6) is -0.312. The molecule has 7 heteroatoms. The summed E-state index contributed by atoms with van der Waals surface area (Å²) in [6.07, 6.45) is 0. The average molecular weight is 455 g/mol. The molecule has 0 unspecified atom stereocenters. The molecule has 4 aromatic rings. The van der Waals surface area contributed by atoms with Crippen molar-refractivity contribution in [3.8, 4) is 5.69 Å². The van der Waals surface area contributed by atoms with Gasteiger partial charge in [0.25, 0.3) is 11.5 Å². The van der Waals surface area contributed by atoms with Crippen LogP contribution in [0.5, 0.6) is 0 Å². The van der Waals surface area contributed by atoms with Crippen molar-refractivity contribution in [1.82, 2.24) is 19.7 Å². The Morgan fingerprint density at radius 2 is 1.44 bits per heavy atom. The molecule has 172 valence electrons. The second-order valence-electron chi connectivity index (χ2n) is 8.33. The number of hydrogen-bond acceptors (Lipinski definition) is 4. The van der Waals surface area contributed by atoms with Crippen LogP contribution in [0.1, 0.15) is 46.9 Å². The third kappa shape index (κ3) is 5.04. The predicted molar refractivity (Wildman–Crippen MR) is 131 cm³/mol. The molecular weight excluding hydrogens is 428 g/mol. The van der Waals surface area contributed by atoms with E-state index in [2.05, 4.69) is 24.3 Å². The van der Waals surface area contributed by atoms with Gasteiger partial charge in [0.05, 0.1) is 12.2 Å². The minimum Gasteiger partial charge on any atom is -0.346 e. The standard InChI is InChI=1S/C27H26N4O3/c1-19(2)22-13-15-23(16-14-22)31-27(34)30(18-21-11-7-4-8-12-21)26(33)24(29-31)25(32)28-17-20-9-5-3-6-10-20/h3-16,19H,17-18H2,1-2H3,(H,28,32). The van der Waals surface area contributed by atoms with E-state index < -0.39 is 17.2 Å². The van der Waals surface area contributed by atoms with Crippen molar-refractivity contribution in [3.05, 3.63) is 128 Å². The Morgan fingerprint density at radius 3 is 2.03 bits per heavy atom. The highest BCUT2D eigenvalue weighted by atomic mass is 16.2. The number of nitrogens with zero attached hydrogens (tertiary/aromatic N) is 3. The van der Waals surface area contributed by atoms with Crippen molar-refractivity contribution in [2.75, 3.05) is 0 Å². The number of carbonyl (C=O) groups is 1. The van der Waals surface area contributed by atoms with Crippen molar-refractivity contribution < 1.29 is 4.79 Å². The van der Waals surface area contributed by atoms with Gasteiger partial charge in [0, 0.05) is 6.54 Å². The number of benzene rings is 3. The van der Waals surface area contributed by atoms with Crippen molar-refractivity contribution in [3.63, 3.8) is 0 Å². The van der Waals surface area contributed by atoms with Gasteiger partial charge in [-0.25, -0.2) is 4.79 Å². The fourth-order valence-corrected chi connectivity index (χ4v) is 3.59. The summed E-state index contributed by atoms with van der Waals surface area (Å²) >= 11 is 0. The van der Waals surface area contributed by atoms with Gasteiger partial charge >= 0.3 is 5.69 Å². The Hall–Kier alpha value is -4.26. The van der Waals surface area contributed by atoms with Gasteiger partial charge in [-0.15, -0.1) is 0 Å². The molecule has 1 amide bonds. The molecule has 3 aromatic carbocycles. The summed E-state index contributed by atoms with van der Waals surface area (Å²) in [6.45, 7) is 4.43. The molecule has 4 rings (SSSR count). The maximum atomic E-state index is 13.3. The number of nitrogens with one attached hydrogen (secondary N) is 1. The van der Waals surface area contributed by atoms with Crippen LogP contribution >= 0.6 is 0 Å². The van der Waals surface area contributed by atoms with Crippen molar-refractivity contribution >= 4 is 5.91 Å². The third-order valence-corrected chi connectivity index (χ3v) is 5.56. The third-order valence-electron chi connectivity index (χ3n) is 5.56. The fourth-order valence-electron chi connectivity index (χ4n) is 3.59. The van der Waals surface area contributed by atoms with E-state index >= 15 is 0 Å². The summed E-state index contributed by atoms with van der Waals surface area (Å²) in [7, 11) is 0. The van der Waals surface area contributed by atoms with Gasteiger partial charge in [-0.3, -0.25) is 14.2 Å². The molecule has 1 heterocycles. The van der Waals surface area contributed by atoms with Crippen molar-refractivity contribution in [2.24, 2.45) is 0 Å². The minimum atomic E-state index is -0.727. The number of aromatic nitrogens is 3. The van der Waals surface area contributed by atoms with Gasteiger partial charge in [0.1, 0.15) is 0 Å². The minimum absolute atomic E-state index is 0.0318. The lowest BCUT2D eigenvalue weighted by Crippen LogP contribution is -2.46. The summed E-state index contributed by atoms with van der Waals surface area (Å²) in [5.41, 5.74) is 1.58. The van der Waals surface area contributed by atoms with E-state index in [1.807, 2.05) is 72.8 Å². The van der Waals surface area contributed by atoms with Crippen LogP contribution in [-0.2, 0) is 13.1 Å². The van der Waals surface area contributed by atoms with Crippen LogP contribution in [-0.4, -0.2) is 20.3 Å². The van der Waals surface area contributed by atoms with Crippen LogP contribution in [0, 0.1) is 0 Å². The first kappa shape index (κ1) is 22.9. The fraction of sp³-hybridized carbons (Fsp3) is 0.185. The second kappa shape index (κ2) is 10.1. The van der Waals surface area contributed by atoms with Gasteiger partial charge in [-0.1, -0.05) is 86.6 Å². The van der Waals surface area contributed by atoms with E-state index in [0.29, 0.717) is 11.6 Å². The highest BCUT2D eigenvalue weighted by molar-refractivity contribution is 5.91. The molecule has 0 saturated heterocycles. The lowest BCUT2D eigenvalue weighted by Gasteiger charge is -2.13. The van der Waals surface area contributed by atoms with Crippen LogP contribution in [0.3, 0.4) is 0 Å². The molecule has 0 aliphatic carbocycles. The first-order valence-corrected chi connectivity index (χ1v) is 11.1. The van der Waals surface area contributed by atoms with Crippen LogP contribution in [0.25, 0.3) is 5.69 Å². The Labute approximate surface area is 197 Å². The maximum absolute atomic E-state index is 13.3. The predicted octanol–water partition coefficient (Wildman–Crippen LogP) is 3.50. The van der Waals surface area contributed by atoms with Gasteiger partial charge < -0.3 is 5.32 Å². The van der Waals surface area contributed by atoms with Crippen molar-refractivity contribution in [1.29, 1.82) is 0 Å². The summed E-state index contributed by atoms with van der Waals surface area (Å²) in [4.78, 5) is 39.5. The molecule has 0 aliphatic heterocycles. The summed E-state index contributed by atoms with van der Waals surface area (Å²) < 4.78 is 2.17. The summed E-state index contributed by atoms with van der Waals surface area (Å²) in [6, 6.07) is 25.9. The van der Waals surface area contributed by atoms with Gasteiger partial charge in [-0.2, -0.15) is 9.78 Å². The molecule has 0 aliphatic rings. The van der Waals surface area contributed by atoms with Crippen LogP contribution in [0.4, 0.5) is 0 Å². The highest BCUT2D eigenvalue weighted by Crippen LogP contribution is 2.15. The number of hydrogen-bond donors (Lipinski definition) is 1. The molecule has 0 spiro atoms. The Balaban J connectivity index is 1.77. The SMILES string of the molecule is CC(C)c1ccc(-n2nc(C(=O)NCc3ccccc3)c(=O)n(Cc3ccccc3)c2=O)cc1. The maximum Gasteiger partial charge on any atom is 0.352 e. The lowest BCUT2D eigenvalue weighted by atomic mass is 10.0. The van der Waals surface area contributed by atoms with Crippen LogP contribution in [0.2, 0.25) is 0 Å². The van der Waals surface area contributed by atoms with E-state index in [0.717, 1.165) is 25.9 Å². The van der Waals surface area contributed by atoms with Gasteiger partial charge in [-0.05, 0) is 34.7 Å². The second-order valence-corrected chi connectivity index (χ2v) is 8.33. The molecule has 34 heavy (non-hydrogen) atoms. The topological polar surface area (TPSA) is 86.0 Å². The molecule has 0 saturated carbocycles. The molecular formula is C27H26N4O3. The molecule has 1 N–H and O–H groups in total. The molecule has 0 bridgehead atoms. The zero-order valence-electron chi connectivity index (χ0n) is 19.1. The Bertz CT molecular complexity index is 1390. The quantitative estimate of drug-likeness (QED) is 0.463. The summed E-state index contributed by atoms with van der Waals surface area (Å²) in [5, 5.41) is 6.93. The number of carbonyl (C=O) groups excluding carboxylic acids is 1. The molecule has 7 nitrogen and oxygen atoms in total. The van der Waals surface area contributed by atoms with Gasteiger partial charge in [0.15, 0.2) is 0 Å². The monoisotopic (exact) mass is 454 g/mol. The largest absolute Gasteiger partial charge is 0.352 e. The van der Waals surface area contributed by atoms with Crippen LogP contribution in [0.15, 0.2) is 94.5 Å². The number of rotatable bonds is 7. The Kier molecular flexibility index (Phi) is 6.82. The van der Waals surface area contributed by atoms with Gasteiger partial charge in [0.2, 0.25) is 5.69 Å². The van der Waals surface area contributed by atoms with Crippen molar-refractivity contribution in [2.45, 2.75) is 32.9 Å². The normalized spacial score (nSPS) is 10.9. The highest BCUT2D eigenvalue weighted by Gasteiger charge is 2.20. The average Bonchev–Trinajstić information content (AvgIpc) is 2.86. The lowest BCUT2D eigenvalue weighted by molar-refractivity contribution is 0.0941. The molecule has 0 radical (unpaired) electrons. The van der Waals surface area contributed by atoms with E-state index in [1.54, 1.807) is 12.1 Å². The zero-order chi connectivity index (χ0) is 24.1.